The Morgan fingerprint density at radius 2 is 1.80 bits per heavy atom. The summed E-state index contributed by atoms with van der Waals surface area (Å²) in [5.41, 5.74) is 3.54. The summed E-state index contributed by atoms with van der Waals surface area (Å²) in [5, 5.41) is 11.8. The Hall–Kier alpha value is -2.34. The summed E-state index contributed by atoms with van der Waals surface area (Å²) in [4.78, 5) is 28.6. The van der Waals surface area contributed by atoms with Crippen LogP contribution in [0.5, 0.6) is 0 Å². The maximum atomic E-state index is 13.3. The molecule has 1 atom stereocenters. The summed E-state index contributed by atoms with van der Waals surface area (Å²) >= 11 is 1.19. The van der Waals surface area contributed by atoms with Gasteiger partial charge >= 0.3 is 0 Å². The molecule has 0 aliphatic heterocycles. The average molecular weight is 455 g/mol. The van der Waals surface area contributed by atoms with Crippen molar-refractivity contribution in [2.45, 2.75) is 38.6 Å². The monoisotopic (exact) mass is 454 g/mol. The molecule has 0 fully saturated rings. The SMILES string of the molecule is CC(C)CN(C(C(=O)NO)C(C)C)S(=O)(=O)c1ccc(NC(=O)c2cncs2)cc1. The molecule has 2 rings (SSSR count). The van der Waals surface area contributed by atoms with Gasteiger partial charge in [0, 0.05) is 12.2 Å². The van der Waals surface area contributed by atoms with Crippen LogP contribution in [-0.2, 0) is 14.8 Å². The number of hydrogen-bond acceptors (Lipinski definition) is 7. The lowest BCUT2D eigenvalue weighted by Gasteiger charge is -2.33. The van der Waals surface area contributed by atoms with Crippen LogP contribution in [0.15, 0.2) is 40.9 Å². The van der Waals surface area contributed by atoms with Crippen molar-refractivity contribution >= 4 is 38.9 Å². The smallest absolute Gasteiger partial charge is 0.267 e. The first-order chi connectivity index (χ1) is 14.1. The highest BCUT2D eigenvalue weighted by molar-refractivity contribution is 7.89. The minimum Gasteiger partial charge on any atom is -0.321 e. The van der Waals surface area contributed by atoms with E-state index in [4.69, 9.17) is 5.21 Å². The van der Waals surface area contributed by atoms with Crippen LogP contribution in [0.3, 0.4) is 0 Å². The highest BCUT2D eigenvalue weighted by Gasteiger charge is 2.38. The Balaban J connectivity index is 2.33. The Labute approximate surface area is 180 Å². The molecule has 0 spiro atoms. The molecular weight excluding hydrogens is 428 g/mol. The molecule has 3 N–H and O–H groups in total. The summed E-state index contributed by atoms with van der Waals surface area (Å²) in [6.07, 6.45) is 1.45. The molecule has 11 heteroatoms. The lowest BCUT2D eigenvalue weighted by atomic mass is 10.0. The normalized spacial score (nSPS) is 12.9. The van der Waals surface area contributed by atoms with Gasteiger partial charge in [-0.05, 0) is 36.1 Å². The maximum Gasteiger partial charge on any atom is 0.267 e. The zero-order valence-corrected chi connectivity index (χ0v) is 18.8. The van der Waals surface area contributed by atoms with Crippen molar-refractivity contribution in [1.82, 2.24) is 14.8 Å². The van der Waals surface area contributed by atoms with E-state index in [2.05, 4.69) is 10.3 Å². The van der Waals surface area contributed by atoms with Crippen LogP contribution in [0.25, 0.3) is 0 Å². The fraction of sp³-hybridized carbons (Fsp3) is 0.421. The van der Waals surface area contributed by atoms with E-state index >= 15 is 0 Å². The van der Waals surface area contributed by atoms with E-state index in [9.17, 15) is 18.0 Å². The summed E-state index contributed by atoms with van der Waals surface area (Å²) in [6.45, 7) is 7.20. The molecule has 1 heterocycles. The zero-order valence-electron chi connectivity index (χ0n) is 17.2. The minimum atomic E-state index is -4.04. The number of hydroxylamine groups is 1. The fourth-order valence-electron chi connectivity index (χ4n) is 2.92. The van der Waals surface area contributed by atoms with Crippen LogP contribution >= 0.6 is 11.3 Å². The number of thiazole rings is 1. The van der Waals surface area contributed by atoms with Crippen molar-refractivity contribution in [3.05, 3.63) is 40.8 Å². The number of nitrogens with zero attached hydrogens (tertiary/aromatic N) is 2. The molecule has 2 aromatic rings. The third-order valence-corrected chi connectivity index (χ3v) is 6.87. The number of carbonyl (C=O) groups is 2. The van der Waals surface area contributed by atoms with Gasteiger partial charge in [0.1, 0.15) is 10.9 Å². The Kier molecular flexibility index (Phi) is 8.07. The molecule has 0 aliphatic carbocycles. The van der Waals surface area contributed by atoms with E-state index in [-0.39, 0.29) is 29.2 Å². The standard InChI is InChI=1S/C19H26N4O5S2/c1-12(2)10-23(17(13(3)4)19(25)22-26)30(27,28)15-7-5-14(6-8-15)21-18(24)16-9-20-11-29-16/h5-9,11-13,17,26H,10H2,1-4H3,(H,21,24)(H,22,25). The number of nitrogens with one attached hydrogen (secondary N) is 2. The first kappa shape index (κ1) is 23.9. The molecule has 1 unspecified atom stereocenters. The van der Waals surface area contributed by atoms with Gasteiger partial charge in [0.05, 0.1) is 16.6 Å². The first-order valence-corrected chi connectivity index (χ1v) is 11.7. The van der Waals surface area contributed by atoms with Gasteiger partial charge in [-0.2, -0.15) is 4.31 Å². The van der Waals surface area contributed by atoms with E-state index in [1.54, 1.807) is 24.8 Å². The topological polar surface area (TPSA) is 129 Å². The summed E-state index contributed by atoms with van der Waals surface area (Å²) in [5.74, 6) is -1.55. The number of anilines is 1. The van der Waals surface area contributed by atoms with E-state index in [1.807, 2.05) is 13.8 Å². The molecule has 30 heavy (non-hydrogen) atoms. The van der Waals surface area contributed by atoms with Crippen LogP contribution in [0.2, 0.25) is 0 Å². The van der Waals surface area contributed by atoms with Gasteiger partial charge in [-0.15, -0.1) is 11.3 Å². The predicted octanol–water partition coefficient (Wildman–Crippen LogP) is 2.57. The Morgan fingerprint density at radius 3 is 2.27 bits per heavy atom. The highest BCUT2D eigenvalue weighted by Crippen LogP contribution is 2.25. The second kappa shape index (κ2) is 10.1. The van der Waals surface area contributed by atoms with E-state index in [0.717, 1.165) is 4.31 Å². The summed E-state index contributed by atoms with van der Waals surface area (Å²) in [7, 11) is -4.04. The largest absolute Gasteiger partial charge is 0.321 e. The molecule has 9 nitrogen and oxygen atoms in total. The highest BCUT2D eigenvalue weighted by atomic mass is 32.2. The van der Waals surface area contributed by atoms with Crippen LogP contribution in [-0.4, -0.2) is 47.3 Å². The van der Waals surface area contributed by atoms with Crippen LogP contribution in [0.1, 0.15) is 37.4 Å². The van der Waals surface area contributed by atoms with Crippen molar-refractivity contribution in [2.75, 3.05) is 11.9 Å². The third kappa shape index (κ3) is 5.63. The van der Waals surface area contributed by atoms with Crippen LogP contribution in [0, 0.1) is 11.8 Å². The molecule has 0 bridgehead atoms. The molecular formula is C19H26N4O5S2. The van der Waals surface area contributed by atoms with Crippen molar-refractivity contribution in [2.24, 2.45) is 11.8 Å². The Bertz CT molecular complexity index is 957. The van der Waals surface area contributed by atoms with Gasteiger partial charge in [0.25, 0.3) is 11.8 Å². The predicted molar refractivity (Wildman–Crippen MR) is 114 cm³/mol. The molecule has 1 aromatic carbocycles. The number of rotatable bonds is 9. The van der Waals surface area contributed by atoms with Crippen molar-refractivity contribution < 1.29 is 23.2 Å². The van der Waals surface area contributed by atoms with E-state index in [1.165, 1.54) is 41.8 Å². The van der Waals surface area contributed by atoms with Crippen molar-refractivity contribution in [1.29, 1.82) is 0 Å². The minimum absolute atomic E-state index is 0.0182. The molecule has 0 saturated heterocycles. The molecule has 0 radical (unpaired) electrons. The second-order valence-corrected chi connectivity index (χ2v) is 10.3. The van der Waals surface area contributed by atoms with Gasteiger partial charge in [0.15, 0.2) is 0 Å². The number of carbonyl (C=O) groups excluding carboxylic acids is 2. The van der Waals surface area contributed by atoms with E-state index in [0.29, 0.717) is 10.6 Å². The molecule has 0 saturated carbocycles. The number of aromatic nitrogens is 1. The first-order valence-electron chi connectivity index (χ1n) is 9.33. The number of sulfonamides is 1. The van der Waals surface area contributed by atoms with Gasteiger partial charge in [0.2, 0.25) is 10.0 Å². The third-order valence-electron chi connectivity index (χ3n) is 4.24. The van der Waals surface area contributed by atoms with E-state index < -0.39 is 22.0 Å². The van der Waals surface area contributed by atoms with Gasteiger partial charge < -0.3 is 5.32 Å². The van der Waals surface area contributed by atoms with Crippen LogP contribution in [0.4, 0.5) is 5.69 Å². The fourth-order valence-corrected chi connectivity index (χ4v) is 5.32. The Morgan fingerprint density at radius 1 is 1.17 bits per heavy atom. The van der Waals surface area contributed by atoms with Crippen molar-refractivity contribution in [3.63, 3.8) is 0 Å². The quantitative estimate of drug-likeness (QED) is 0.395. The van der Waals surface area contributed by atoms with Crippen molar-refractivity contribution in [3.8, 4) is 0 Å². The molecule has 0 aliphatic rings. The number of benzene rings is 1. The van der Waals surface area contributed by atoms with Gasteiger partial charge in [-0.3, -0.25) is 19.8 Å². The lowest BCUT2D eigenvalue weighted by Crippen LogP contribution is -2.52. The summed E-state index contributed by atoms with van der Waals surface area (Å²) in [6, 6.07) is 4.64. The number of hydrogen-bond donors (Lipinski definition) is 3. The number of amides is 2. The van der Waals surface area contributed by atoms with Gasteiger partial charge in [-0.1, -0.05) is 27.7 Å². The zero-order chi connectivity index (χ0) is 22.5. The lowest BCUT2D eigenvalue weighted by molar-refractivity contribution is -0.134. The average Bonchev–Trinajstić information content (AvgIpc) is 3.22. The molecule has 164 valence electrons. The maximum absolute atomic E-state index is 13.3. The molecule has 2 amide bonds. The second-order valence-electron chi connectivity index (χ2n) is 7.48. The summed E-state index contributed by atoms with van der Waals surface area (Å²) < 4.78 is 27.8. The van der Waals surface area contributed by atoms with Gasteiger partial charge in [-0.25, -0.2) is 13.9 Å². The van der Waals surface area contributed by atoms with Crippen LogP contribution < -0.4 is 10.8 Å². The molecule has 1 aromatic heterocycles.